The van der Waals surface area contributed by atoms with Crippen molar-refractivity contribution < 1.29 is 45.8 Å². The van der Waals surface area contributed by atoms with Crippen LogP contribution in [0.5, 0.6) is 0 Å². The summed E-state index contributed by atoms with van der Waals surface area (Å²) in [5.74, 6) is -3.46. The molecule has 4 heterocycles. The molecule has 1 saturated heterocycles. The molecule has 1 aliphatic heterocycles. The van der Waals surface area contributed by atoms with E-state index in [1.807, 2.05) is 0 Å². The van der Waals surface area contributed by atoms with E-state index in [-0.39, 0.29) is 53.2 Å². The second-order valence-electron chi connectivity index (χ2n) is 10.8. The molecule has 3 aromatic heterocycles. The zero-order valence-electron chi connectivity index (χ0n) is 24.9. The number of hydrogen-bond acceptors (Lipinski definition) is 9. The predicted octanol–water partition coefficient (Wildman–Crippen LogP) is 2.41. The number of piperidine rings is 1. The maximum Gasteiger partial charge on any atom is 0.416 e. The molecule has 5 rings (SSSR count). The number of nitrogens with zero attached hydrogens (tertiary/aromatic N) is 8. The molecular formula is C28H24ClF6N9O5. The summed E-state index contributed by atoms with van der Waals surface area (Å²) in [4.78, 5) is 61.2. The number of aliphatic hydroxyl groups is 1. The van der Waals surface area contributed by atoms with Gasteiger partial charge in [0.05, 0.1) is 30.5 Å². The summed E-state index contributed by atoms with van der Waals surface area (Å²) in [5, 5.41) is 20.1. The maximum absolute atomic E-state index is 13.6. The van der Waals surface area contributed by atoms with Crippen molar-refractivity contribution in [3.05, 3.63) is 75.4 Å². The van der Waals surface area contributed by atoms with E-state index < -0.39 is 67.0 Å². The minimum atomic E-state index is -5.09. The number of ketones is 1. The number of pyridine rings is 1. The van der Waals surface area contributed by atoms with Crippen LogP contribution in [0.1, 0.15) is 39.6 Å². The van der Waals surface area contributed by atoms with Gasteiger partial charge in [-0.3, -0.25) is 23.9 Å². The van der Waals surface area contributed by atoms with Gasteiger partial charge in [-0.15, -0.1) is 10.2 Å². The van der Waals surface area contributed by atoms with Gasteiger partial charge in [-0.2, -0.15) is 26.3 Å². The van der Waals surface area contributed by atoms with Gasteiger partial charge in [0.1, 0.15) is 13.1 Å². The number of rotatable bonds is 9. The van der Waals surface area contributed by atoms with Crippen LogP contribution in [-0.2, 0) is 17.9 Å². The summed E-state index contributed by atoms with van der Waals surface area (Å²) >= 11 is 5.92. The Morgan fingerprint density at radius 1 is 1.04 bits per heavy atom. The van der Waals surface area contributed by atoms with E-state index >= 15 is 0 Å². The van der Waals surface area contributed by atoms with Gasteiger partial charge >= 0.3 is 18.0 Å². The lowest BCUT2D eigenvalue weighted by atomic mass is 10.1. The SMILES string of the molecule is O=C1CCCN(C(=O)c2nc(Cn3nc(-c4ccc(Cl)cc4)n(C[C@H](O)C(F)(F)F)c3=O)nn2-c2cnccc2C(=O)NCC(F)(F)F)C1. The monoisotopic (exact) mass is 715 g/mol. The number of nitrogens with one attached hydrogen (secondary N) is 1. The van der Waals surface area contributed by atoms with Crippen molar-refractivity contribution in [1.82, 2.24) is 44.3 Å². The smallest absolute Gasteiger partial charge is 0.382 e. The number of hydrogen-bond donors (Lipinski definition) is 2. The highest BCUT2D eigenvalue weighted by Gasteiger charge is 2.39. The Hall–Kier alpha value is -5.11. The average Bonchev–Trinajstić information content (AvgIpc) is 3.60. The molecule has 0 saturated carbocycles. The number of carbonyl (C=O) groups excluding carboxylic acids is 3. The van der Waals surface area contributed by atoms with Gasteiger partial charge in [0.15, 0.2) is 23.5 Å². The average molecular weight is 716 g/mol. The van der Waals surface area contributed by atoms with Crippen molar-refractivity contribution in [3.8, 4) is 17.1 Å². The van der Waals surface area contributed by atoms with Crippen LogP contribution < -0.4 is 11.0 Å². The second kappa shape index (κ2) is 13.8. The molecular weight excluding hydrogens is 692 g/mol. The van der Waals surface area contributed by atoms with Crippen molar-refractivity contribution in [3.63, 3.8) is 0 Å². The number of carbonyl (C=O) groups is 3. The molecule has 1 fully saturated rings. The van der Waals surface area contributed by atoms with Crippen LogP contribution in [0.15, 0.2) is 47.5 Å². The quantitative estimate of drug-likeness (QED) is 0.247. The summed E-state index contributed by atoms with van der Waals surface area (Å²) in [6, 6.07) is 6.61. The second-order valence-corrected chi connectivity index (χ2v) is 11.2. The number of aromatic nitrogens is 7. The summed E-state index contributed by atoms with van der Waals surface area (Å²) < 4.78 is 80.5. The lowest BCUT2D eigenvalue weighted by Gasteiger charge is -2.25. The fourth-order valence-corrected chi connectivity index (χ4v) is 4.96. The number of aliphatic hydroxyl groups excluding tert-OH is 1. The molecule has 260 valence electrons. The summed E-state index contributed by atoms with van der Waals surface area (Å²) in [6.45, 7) is -3.74. The van der Waals surface area contributed by atoms with Gasteiger partial charge in [0.2, 0.25) is 5.82 Å². The minimum Gasteiger partial charge on any atom is -0.382 e. The number of likely N-dealkylation sites (tertiary alicyclic amines) is 1. The Kier molecular flexibility index (Phi) is 9.90. The van der Waals surface area contributed by atoms with E-state index in [4.69, 9.17) is 11.6 Å². The highest BCUT2D eigenvalue weighted by Crippen LogP contribution is 2.25. The predicted molar refractivity (Wildman–Crippen MR) is 156 cm³/mol. The van der Waals surface area contributed by atoms with E-state index in [0.717, 1.165) is 28.0 Å². The zero-order chi connectivity index (χ0) is 35.7. The first-order valence-electron chi connectivity index (χ1n) is 14.3. The molecule has 4 aromatic rings. The molecule has 2 N–H and O–H groups in total. The number of Topliss-reactive ketones (excluding diaryl/α,β-unsaturated/α-hetero) is 1. The standard InChI is InChI=1S/C28H24ClF6N9O5/c29-16-5-3-15(4-6-16)22-40-43(26(49)42(22)12-20(46)28(33,34)35)13-21-38-23(25(48)41-9-1-2-17(45)11-41)44(39-21)19-10-36-8-7-18(19)24(47)37-14-27(30,31)32/h3-8,10,20,46H,1-2,9,11-14H2,(H,37,47)/t20-/m0/s1. The van der Waals surface area contributed by atoms with Crippen LogP contribution in [0.25, 0.3) is 17.1 Å². The van der Waals surface area contributed by atoms with Gasteiger partial charge in [-0.25, -0.2) is 19.1 Å². The molecule has 1 aromatic carbocycles. The minimum absolute atomic E-state index is 0.134. The van der Waals surface area contributed by atoms with Crippen LogP contribution in [0.3, 0.4) is 0 Å². The van der Waals surface area contributed by atoms with Gasteiger partial charge in [-0.05, 0) is 36.8 Å². The topological polar surface area (TPSA) is 170 Å². The van der Waals surface area contributed by atoms with Crippen LogP contribution >= 0.6 is 11.6 Å². The Balaban J connectivity index is 1.59. The third-order valence-corrected chi connectivity index (χ3v) is 7.40. The lowest BCUT2D eigenvalue weighted by molar-refractivity contribution is -0.207. The van der Waals surface area contributed by atoms with Gasteiger partial charge in [0.25, 0.3) is 11.8 Å². The normalized spacial score (nSPS) is 14.6. The third kappa shape index (κ3) is 8.13. The Morgan fingerprint density at radius 2 is 1.76 bits per heavy atom. The fraction of sp³-hybridized carbons (Fsp3) is 0.357. The molecule has 1 aliphatic rings. The first kappa shape index (κ1) is 35.2. The lowest BCUT2D eigenvalue weighted by Crippen LogP contribution is -2.41. The molecule has 0 aliphatic carbocycles. The number of halogens is 7. The number of amides is 2. The molecule has 1 atom stereocenters. The molecule has 21 heteroatoms. The van der Waals surface area contributed by atoms with Crippen molar-refractivity contribution in [2.24, 2.45) is 0 Å². The van der Waals surface area contributed by atoms with E-state index in [1.165, 1.54) is 24.3 Å². The van der Waals surface area contributed by atoms with Crippen LogP contribution in [0, 0.1) is 0 Å². The maximum atomic E-state index is 13.6. The van der Waals surface area contributed by atoms with Crippen LogP contribution in [0.4, 0.5) is 26.3 Å². The van der Waals surface area contributed by atoms with Gasteiger partial charge in [-0.1, -0.05) is 11.6 Å². The van der Waals surface area contributed by atoms with Crippen molar-refractivity contribution >= 4 is 29.2 Å². The van der Waals surface area contributed by atoms with Crippen LogP contribution in [0.2, 0.25) is 5.02 Å². The van der Waals surface area contributed by atoms with Crippen molar-refractivity contribution in [2.75, 3.05) is 19.6 Å². The molecule has 0 radical (unpaired) electrons. The molecule has 0 spiro atoms. The molecule has 14 nitrogen and oxygen atoms in total. The van der Waals surface area contributed by atoms with E-state index in [9.17, 15) is 50.6 Å². The number of benzene rings is 1. The van der Waals surface area contributed by atoms with Crippen molar-refractivity contribution in [2.45, 2.75) is 44.4 Å². The summed E-state index contributed by atoms with van der Waals surface area (Å²) in [7, 11) is 0. The Morgan fingerprint density at radius 3 is 2.41 bits per heavy atom. The van der Waals surface area contributed by atoms with E-state index in [1.54, 1.807) is 5.32 Å². The number of alkyl halides is 6. The van der Waals surface area contributed by atoms with Crippen LogP contribution in [-0.4, -0.2) is 99.8 Å². The molecule has 49 heavy (non-hydrogen) atoms. The third-order valence-electron chi connectivity index (χ3n) is 7.15. The summed E-state index contributed by atoms with van der Waals surface area (Å²) in [5.41, 5.74) is -1.66. The Bertz CT molecular complexity index is 1940. The van der Waals surface area contributed by atoms with E-state index in [2.05, 4.69) is 20.2 Å². The van der Waals surface area contributed by atoms with Gasteiger partial charge in [0, 0.05) is 29.7 Å². The fourth-order valence-electron chi connectivity index (χ4n) is 4.84. The summed E-state index contributed by atoms with van der Waals surface area (Å²) in [6.07, 6.45) is -10.1. The highest BCUT2D eigenvalue weighted by atomic mass is 35.5. The first-order valence-corrected chi connectivity index (χ1v) is 14.6. The first-order chi connectivity index (χ1) is 23.0. The largest absolute Gasteiger partial charge is 0.416 e. The molecule has 2 amide bonds. The zero-order valence-corrected chi connectivity index (χ0v) is 25.6. The van der Waals surface area contributed by atoms with Crippen molar-refractivity contribution in [1.29, 1.82) is 0 Å². The molecule has 0 bridgehead atoms. The highest BCUT2D eigenvalue weighted by molar-refractivity contribution is 6.30. The Labute approximate surface area is 275 Å². The molecule has 0 unspecified atom stereocenters. The van der Waals surface area contributed by atoms with E-state index in [0.29, 0.717) is 15.7 Å². The van der Waals surface area contributed by atoms with Gasteiger partial charge < -0.3 is 15.3 Å².